The summed E-state index contributed by atoms with van der Waals surface area (Å²) < 4.78 is 1.85. The van der Waals surface area contributed by atoms with Gasteiger partial charge in [-0.3, -0.25) is 4.79 Å². The van der Waals surface area contributed by atoms with Gasteiger partial charge in [-0.1, -0.05) is 0 Å². The summed E-state index contributed by atoms with van der Waals surface area (Å²) in [6.07, 6.45) is 1.89. The van der Waals surface area contributed by atoms with E-state index in [9.17, 15) is 4.79 Å². The lowest BCUT2D eigenvalue weighted by Crippen LogP contribution is -2.57. The summed E-state index contributed by atoms with van der Waals surface area (Å²) in [6, 6.07) is 4.10. The Hall–Kier alpha value is -1.29. The molecule has 0 aliphatic carbocycles. The predicted molar refractivity (Wildman–Crippen MR) is 54.2 cm³/mol. The Labute approximate surface area is 83.5 Å². The Morgan fingerprint density at radius 1 is 1.64 bits per heavy atom. The van der Waals surface area contributed by atoms with Gasteiger partial charge in [0, 0.05) is 33.4 Å². The summed E-state index contributed by atoms with van der Waals surface area (Å²) in [6.45, 7) is 1.82. The molecule has 14 heavy (non-hydrogen) atoms. The van der Waals surface area contributed by atoms with E-state index in [4.69, 9.17) is 0 Å². The molecule has 0 spiro atoms. The topological polar surface area (TPSA) is 37.3 Å². The van der Waals surface area contributed by atoms with Gasteiger partial charge in [-0.2, -0.15) is 0 Å². The maximum atomic E-state index is 11.9. The number of carbonyl (C=O) groups excluding carboxylic acids is 1. The molecule has 1 aromatic rings. The minimum absolute atomic E-state index is 0.101. The molecule has 76 valence electrons. The predicted octanol–water partition coefficient (Wildman–Crippen LogP) is 0.0689. The molecule has 1 aromatic heterocycles. The molecular weight excluding hydrogens is 178 g/mol. The maximum Gasteiger partial charge on any atom is 0.270 e. The number of aryl methyl sites for hydroxylation is 1. The van der Waals surface area contributed by atoms with E-state index in [1.807, 2.05) is 41.9 Å². The average molecular weight is 193 g/mol. The molecule has 0 atom stereocenters. The lowest BCUT2D eigenvalue weighted by molar-refractivity contribution is 0.0671. The van der Waals surface area contributed by atoms with Crippen molar-refractivity contribution in [3.8, 4) is 0 Å². The van der Waals surface area contributed by atoms with Crippen LogP contribution in [0.2, 0.25) is 0 Å². The van der Waals surface area contributed by atoms with E-state index in [0.29, 0.717) is 6.04 Å². The second kappa shape index (κ2) is 3.46. The van der Waals surface area contributed by atoms with Crippen LogP contribution in [0.3, 0.4) is 0 Å². The van der Waals surface area contributed by atoms with Gasteiger partial charge >= 0.3 is 0 Å². The van der Waals surface area contributed by atoms with Gasteiger partial charge in [0.05, 0.1) is 6.04 Å². The molecule has 1 aliphatic rings. The number of aromatic nitrogens is 1. The Morgan fingerprint density at radius 2 is 2.36 bits per heavy atom. The summed E-state index contributed by atoms with van der Waals surface area (Å²) in [5, 5.41) is 3.16. The monoisotopic (exact) mass is 193 g/mol. The van der Waals surface area contributed by atoms with E-state index in [1.165, 1.54) is 0 Å². The first-order valence-electron chi connectivity index (χ1n) is 4.79. The fraction of sp³-hybridized carbons (Fsp3) is 0.500. The zero-order chi connectivity index (χ0) is 10.1. The van der Waals surface area contributed by atoms with Crippen LogP contribution in [0, 0.1) is 0 Å². The van der Waals surface area contributed by atoms with E-state index < -0.39 is 0 Å². The highest BCUT2D eigenvalue weighted by atomic mass is 16.2. The van der Waals surface area contributed by atoms with E-state index in [-0.39, 0.29) is 5.91 Å². The second-order valence-corrected chi connectivity index (χ2v) is 3.73. The number of nitrogens with zero attached hydrogens (tertiary/aromatic N) is 2. The van der Waals surface area contributed by atoms with Crippen LogP contribution >= 0.6 is 0 Å². The molecule has 0 saturated carbocycles. The third kappa shape index (κ3) is 1.42. The number of hydrogen-bond donors (Lipinski definition) is 1. The van der Waals surface area contributed by atoms with Crippen molar-refractivity contribution < 1.29 is 4.79 Å². The lowest BCUT2D eigenvalue weighted by Gasteiger charge is -2.35. The molecule has 4 heteroatoms. The second-order valence-electron chi connectivity index (χ2n) is 3.73. The minimum Gasteiger partial charge on any atom is -0.347 e. The van der Waals surface area contributed by atoms with Crippen molar-refractivity contribution in [1.29, 1.82) is 0 Å². The van der Waals surface area contributed by atoms with Gasteiger partial charge in [0.1, 0.15) is 5.69 Å². The molecule has 2 heterocycles. The van der Waals surface area contributed by atoms with Crippen molar-refractivity contribution >= 4 is 5.91 Å². The fourth-order valence-corrected chi connectivity index (χ4v) is 1.58. The van der Waals surface area contributed by atoms with E-state index in [2.05, 4.69) is 5.32 Å². The standard InChI is InChI=1S/C10H15N3O/c1-12-5-3-4-9(12)10(14)13(2)8-6-11-7-8/h3-5,8,11H,6-7H2,1-2H3. The van der Waals surface area contributed by atoms with Crippen molar-refractivity contribution in [3.63, 3.8) is 0 Å². The van der Waals surface area contributed by atoms with E-state index in [1.54, 1.807) is 0 Å². The Bertz CT molecular complexity index is 341. The first-order chi connectivity index (χ1) is 6.70. The molecule has 2 rings (SSSR count). The summed E-state index contributed by atoms with van der Waals surface area (Å²) in [4.78, 5) is 13.7. The number of nitrogens with one attached hydrogen (secondary N) is 1. The van der Waals surface area contributed by atoms with Gasteiger partial charge in [0.2, 0.25) is 0 Å². The fourth-order valence-electron chi connectivity index (χ4n) is 1.58. The van der Waals surface area contributed by atoms with Crippen molar-refractivity contribution in [2.24, 2.45) is 7.05 Å². The number of carbonyl (C=O) groups is 1. The minimum atomic E-state index is 0.101. The van der Waals surface area contributed by atoms with Crippen molar-refractivity contribution in [2.45, 2.75) is 6.04 Å². The Morgan fingerprint density at radius 3 is 2.79 bits per heavy atom. The normalized spacial score (nSPS) is 16.4. The SMILES string of the molecule is CN(C(=O)c1cccn1C)C1CNC1. The lowest BCUT2D eigenvalue weighted by atomic mass is 10.1. The highest BCUT2D eigenvalue weighted by Crippen LogP contribution is 2.09. The smallest absolute Gasteiger partial charge is 0.270 e. The largest absolute Gasteiger partial charge is 0.347 e. The average Bonchev–Trinajstić information content (AvgIpc) is 2.47. The van der Waals surface area contributed by atoms with Gasteiger partial charge < -0.3 is 14.8 Å². The van der Waals surface area contributed by atoms with Gasteiger partial charge in [-0.25, -0.2) is 0 Å². The Kier molecular flexibility index (Phi) is 2.29. The number of likely N-dealkylation sites (N-methyl/N-ethyl adjacent to an activating group) is 1. The maximum absolute atomic E-state index is 11.9. The van der Waals surface area contributed by atoms with Crippen LogP contribution in [0.25, 0.3) is 0 Å². The molecule has 1 saturated heterocycles. The van der Waals surface area contributed by atoms with Crippen LogP contribution < -0.4 is 5.32 Å². The molecular formula is C10H15N3O. The number of rotatable bonds is 2. The molecule has 1 N–H and O–H groups in total. The third-order valence-corrected chi connectivity index (χ3v) is 2.79. The summed E-state index contributed by atoms with van der Waals surface area (Å²) in [5.74, 6) is 0.101. The molecule has 1 aliphatic heterocycles. The van der Waals surface area contributed by atoms with Crippen LogP contribution in [0.15, 0.2) is 18.3 Å². The molecule has 0 radical (unpaired) electrons. The number of hydrogen-bond acceptors (Lipinski definition) is 2. The summed E-state index contributed by atoms with van der Waals surface area (Å²) in [5.41, 5.74) is 0.749. The summed E-state index contributed by atoms with van der Waals surface area (Å²) in [7, 11) is 3.75. The Balaban J connectivity index is 2.11. The quantitative estimate of drug-likeness (QED) is 0.721. The van der Waals surface area contributed by atoms with Gasteiger partial charge in [0.15, 0.2) is 0 Å². The first-order valence-corrected chi connectivity index (χ1v) is 4.79. The van der Waals surface area contributed by atoms with E-state index >= 15 is 0 Å². The van der Waals surface area contributed by atoms with Gasteiger partial charge in [0.25, 0.3) is 5.91 Å². The zero-order valence-corrected chi connectivity index (χ0v) is 8.53. The van der Waals surface area contributed by atoms with Crippen molar-refractivity contribution in [2.75, 3.05) is 20.1 Å². The van der Waals surface area contributed by atoms with Crippen LogP contribution in [-0.2, 0) is 7.05 Å². The van der Waals surface area contributed by atoms with Crippen LogP contribution in [0.1, 0.15) is 10.5 Å². The molecule has 0 unspecified atom stereocenters. The van der Waals surface area contributed by atoms with Crippen molar-refractivity contribution in [3.05, 3.63) is 24.0 Å². The molecule has 0 bridgehead atoms. The van der Waals surface area contributed by atoms with Crippen LogP contribution in [-0.4, -0.2) is 41.6 Å². The molecule has 4 nitrogen and oxygen atoms in total. The highest BCUT2D eigenvalue weighted by Gasteiger charge is 2.26. The van der Waals surface area contributed by atoms with Crippen LogP contribution in [0.5, 0.6) is 0 Å². The molecule has 1 fully saturated rings. The van der Waals surface area contributed by atoms with Gasteiger partial charge in [-0.15, -0.1) is 0 Å². The first kappa shape index (κ1) is 9.27. The highest BCUT2D eigenvalue weighted by molar-refractivity contribution is 5.92. The van der Waals surface area contributed by atoms with Crippen molar-refractivity contribution in [1.82, 2.24) is 14.8 Å². The van der Waals surface area contributed by atoms with Gasteiger partial charge in [-0.05, 0) is 12.1 Å². The number of amides is 1. The summed E-state index contributed by atoms with van der Waals surface area (Å²) >= 11 is 0. The van der Waals surface area contributed by atoms with E-state index in [0.717, 1.165) is 18.8 Å². The van der Waals surface area contributed by atoms with Crippen LogP contribution in [0.4, 0.5) is 0 Å². The molecule has 0 aromatic carbocycles. The zero-order valence-electron chi connectivity index (χ0n) is 8.53. The molecule has 1 amide bonds. The third-order valence-electron chi connectivity index (χ3n) is 2.79.